The van der Waals surface area contributed by atoms with E-state index in [1.54, 1.807) is 12.1 Å². The van der Waals surface area contributed by atoms with E-state index in [9.17, 15) is 4.79 Å². The molecule has 5 nitrogen and oxygen atoms in total. The van der Waals surface area contributed by atoms with Crippen LogP contribution in [-0.2, 0) is 0 Å². The number of carboxylic acids is 1. The van der Waals surface area contributed by atoms with Crippen molar-refractivity contribution in [1.82, 2.24) is 4.98 Å². The molecule has 0 saturated heterocycles. The van der Waals surface area contributed by atoms with Gasteiger partial charge in [0.15, 0.2) is 11.4 Å². The minimum atomic E-state index is -1.18. The van der Waals surface area contributed by atoms with Gasteiger partial charge in [-0.1, -0.05) is 17.7 Å². The van der Waals surface area contributed by atoms with Gasteiger partial charge in [-0.05, 0) is 24.6 Å². The zero-order valence-electron chi connectivity index (χ0n) is 8.81. The lowest BCUT2D eigenvalue weighted by Crippen LogP contribution is -1.95. The van der Waals surface area contributed by atoms with Gasteiger partial charge < -0.3 is 14.3 Å². The number of oxazole rings is 1. The second-order valence-corrected chi connectivity index (χ2v) is 3.75. The summed E-state index contributed by atoms with van der Waals surface area (Å²) in [6, 6.07) is 5.18. The average Bonchev–Trinajstić information content (AvgIpc) is 2.71. The average molecular weight is 254 g/mol. The number of carboxylic acid groups (broad SMARTS) is 1. The smallest absolute Gasteiger partial charge is 0.399 e. The van der Waals surface area contributed by atoms with Crippen LogP contribution in [0.25, 0.3) is 0 Å². The van der Waals surface area contributed by atoms with E-state index >= 15 is 0 Å². The Morgan fingerprint density at radius 2 is 2.29 bits per heavy atom. The maximum absolute atomic E-state index is 10.6. The van der Waals surface area contributed by atoms with Gasteiger partial charge in [-0.3, -0.25) is 0 Å². The number of halogens is 1. The highest BCUT2D eigenvalue weighted by Crippen LogP contribution is 2.29. The SMILES string of the molecule is Cc1ccc(Oc2nc(C(=O)O)co2)c(Cl)c1. The van der Waals surface area contributed by atoms with Gasteiger partial charge in [-0.25, -0.2) is 4.79 Å². The molecule has 2 aromatic rings. The highest BCUT2D eigenvalue weighted by molar-refractivity contribution is 6.32. The topological polar surface area (TPSA) is 72.6 Å². The third-order valence-corrected chi connectivity index (χ3v) is 2.28. The van der Waals surface area contributed by atoms with Crippen LogP contribution in [0.1, 0.15) is 16.1 Å². The van der Waals surface area contributed by atoms with Crippen LogP contribution in [0.15, 0.2) is 28.9 Å². The van der Waals surface area contributed by atoms with Gasteiger partial charge in [-0.15, -0.1) is 0 Å². The van der Waals surface area contributed by atoms with Gasteiger partial charge in [0.1, 0.15) is 6.26 Å². The molecule has 1 aromatic heterocycles. The van der Waals surface area contributed by atoms with E-state index in [1.807, 2.05) is 13.0 Å². The van der Waals surface area contributed by atoms with Crippen molar-refractivity contribution in [1.29, 1.82) is 0 Å². The maximum atomic E-state index is 10.6. The Hall–Kier alpha value is -2.01. The summed E-state index contributed by atoms with van der Waals surface area (Å²) in [6.07, 6.45) is 0.841. The molecule has 1 heterocycles. The highest BCUT2D eigenvalue weighted by atomic mass is 35.5. The molecule has 88 valence electrons. The van der Waals surface area contributed by atoms with Gasteiger partial charge in [-0.2, -0.15) is 4.98 Å². The molecular formula is C11H8ClNO4. The zero-order valence-corrected chi connectivity index (χ0v) is 9.56. The van der Waals surface area contributed by atoms with Gasteiger partial charge in [0.25, 0.3) is 0 Å². The van der Waals surface area contributed by atoms with Crippen LogP contribution in [0.2, 0.25) is 5.02 Å². The van der Waals surface area contributed by atoms with Crippen LogP contribution in [0.4, 0.5) is 0 Å². The summed E-state index contributed by atoms with van der Waals surface area (Å²) in [4.78, 5) is 14.2. The largest absolute Gasteiger partial charge is 0.476 e. The van der Waals surface area contributed by atoms with E-state index in [4.69, 9.17) is 25.9 Å². The normalized spacial score (nSPS) is 10.2. The van der Waals surface area contributed by atoms with E-state index in [0.717, 1.165) is 11.8 Å². The Morgan fingerprint density at radius 1 is 1.53 bits per heavy atom. The standard InChI is InChI=1S/C11H8ClNO4/c1-6-2-3-9(7(12)4-6)17-11-13-8(5-16-11)10(14)15/h2-5H,1H3,(H,14,15). The molecule has 0 aliphatic heterocycles. The first-order valence-electron chi connectivity index (χ1n) is 4.69. The summed E-state index contributed by atoms with van der Waals surface area (Å²) in [6.45, 7) is 1.89. The van der Waals surface area contributed by atoms with Crippen molar-refractivity contribution in [3.63, 3.8) is 0 Å². The minimum absolute atomic E-state index is 0.159. The van der Waals surface area contributed by atoms with Crippen LogP contribution in [0, 0.1) is 6.92 Å². The number of benzene rings is 1. The fourth-order valence-corrected chi connectivity index (χ4v) is 1.46. The molecule has 0 saturated carbocycles. The van der Waals surface area contributed by atoms with Crippen molar-refractivity contribution in [2.24, 2.45) is 0 Å². The summed E-state index contributed by atoms with van der Waals surface area (Å²) in [5, 5.41) is 9.05. The minimum Gasteiger partial charge on any atom is -0.476 e. The fourth-order valence-electron chi connectivity index (χ4n) is 1.19. The van der Waals surface area contributed by atoms with Gasteiger partial charge in [0.2, 0.25) is 0 Å². The number of hydrogen-bond donors (Lipinski definition) is 1. The van der Waals surface area contributed by atoms with Crippen molar-refractivity contribution in [3.8, 4) is 11.8 Å². The summed E-state index contributed by atoms with van der Waals surface area (Å²) < 4.78 is 10.1. The Labute approximate surface area is 102 Å². The summed E-state index contributed by atoms with van der Waals surface area (Å²) in [7, 11) is 0. The van der Waals surface area contributed by atoms with E-state index in [0.29, 0.717) is 10.8 Å². The molecule has 0 atom stereocenters. The first-order valence-corrected chi connectivity index (χ1v) is 5.07. The lowest BCUT2D eigenvalue weighted by molar-refractivity contribution is 0.0690. The zero-order chi connectivity index (χ0) is 12.4. The van der Waals surface area contributed by atoms with E-state index in [2.05, 4.69) is 4.98 Å². The third kappa shape index (κ3) is 2.57. The number of carbonyl (C=O) groups is 1. The van der Waals surface area contributed by atoms with Gasteiger partial charge in [0, 0.05) is 0 Å². The van der Waals surface area contributed by atoms with Crippen molar-refractivity contribution >= 4 is 17.6 Å². The summed E-state index contributed by atoms with van der Waals surface area (Å²) in [5.41, 5.74) is 0.768. The number of ether oxygens (including phenoxy) is 1. The molecular weight excluding hydrogens is 246 g/mol. The first kappa shape index (κ1) is 11.5. The molecule has 2 rings (SSSR count). The summed E-state index contributed by atoms with van der Waals surface area (Å²) >= 11 is 5.94. The molecule has 0 amide bonds. The van der Waals surface area contributed by atoms with E-state index < -0.39 is 5.97 Å². The van der Waals surface area contributed by atoms with Crippen LogP contribution in [-0.4, -0.2) is 16.1 Å². The predicted octanol–water partition coefficient (Wildman–Crippen LogP) is 3.13. The van der Waals surface area contributed by atoms with Crippen molar-refractivity contribution < 1.29 is 19.1 Å². The van der Waals surface area contributed by atoms with Crippen molar-refractivity contribution in [3.05, 3.63) is 40.7 Å². The van der Waals surface area contributed by atoms with Crippen LogP contribution in [0.3, 0.4) is 0 Å². The monoisotopic (exact) mass is 253 g/mol. The Morgan fingerprint density at radius 3 is 2.88 bits per heavy atom. The van der Waals surface area contributed by atoms with Crippen molar-refractivity contribution in [2.45, 2.75) is 6.92 Å². The summed E-state index contributed by atoms with van der Waals surface area (Å²) in [5.74, 6) is -0.824. The van der Waals surface area contributed by atoms with Crippen molar-refractivity contribution in [2.75, 3.05) is 0 Å². The molecule has 1 aromatic carbocycles. The van der Waals surface area contributed by atoms with Gasteiger partial charge >= 0.3 is 12.0 Å². The molecule has 0 bridgehead atoms. The predicted molar refractivity (Wildman–Crippen MR) is 59.7 cm³/mol. The molecule has 0 aliphatic carbocycles. The maximum Gasteiger partial charge on any atom is 0.399 e. The molecule has 17 heavy (non-hydrogen) atoms. The number of hydrogen-bond acceptors (Lipinski definition) is 4. The van der Waals surface area contributed by atoms with Gasteiger partial charge in [0.05, 0.1) is 5.02 Å². The first-order chi connectivity index (χ1) is 8.06. The number of rotatable bonds is 3. The highest BCUT2D eigenvalue weighted by Gasteiger charge is 2.13. The Bertz CT molecular complexity index is 564. The van der Waals surface area contributed by atoms with Crippen LogP contribution in [0.5, 0.6) is 11.8 Å². The Balaban J connectivity index is 2.22. The molecule has 6 heteroatoms. The lowest BCUT2D eigenvalue weighted by atomic mass is 10.2. The number of aromatic carboxylic acids is 1. The number of nitrogens with zero attached hydrogens (tertiary/aromatic N) is 1. The fraction of sp³-hybridized carbons (Fsp3) is 0.0909. The third-order valence-electron chi connectivity index (χ3n) is 1.99. The second-order valence-electron chi connectivity index (χ2n) is 3.34. The lowest BCUT2D eigenvalue weighted by Gasteiger charge is -2.03. The molecule has 0 aliphatic rings. The molecule has 1 N–H and O–H groups in total. The quantitative estimate of drug-likeness (QED) is 0.910. The molecule has 0 radical (unpaired) electrons. The number of aryl methyl sites for hydroxylation is 1. The van der Waals surface area contributed by atoms with Crippen LogP contribution >= 0.6 is 11.6 Å². The second kappa shape index (κ2) is 4.47. The van der Waals surface area contributed by atoms with E-state index in [1.165, 1.54) is 0 Å². The van der Waals surface area contributed by atoms with Crippen LogP contribution < -0.4 is 4.74 Å². The molecule has 0 unspecified atom stereocenters. The number of aromatic nitrogens is 1. The molecule has 0 spiro atoms. The molecule has 0 fully saturated rings. The Kier molecular flexibility index (Phi) is 3.01. The van der Waals surface area contributed by atoms with E-state index in [-0.39, 0.29) is 11.8 Å².